The Bertz CT molecular complexity index is 952. The highest BCUT2D eigenvalue weighted by atomic mass is 32.1. The van der Waals surface area contributed by atoms with Gasteiger partial charge < -0.3 is 14.8 Å². The lowest BCUT2D eigenvalue weighted by atomic mass is 10.1. The third-order valence-electron chi connectivity index (χ3n) is 4.15. The fraction of sp³-hybridized carbons (Fsp3) is 0.136. The Labute approximate surface area is 167 Å². The van der Waals surface area contributed by atoms with E-state index in [1.165, 1.54) is 29.5 Å². The Hall–Kier alpha value is -3.12. The zero-order valence-corrected chi connectivity index (χ0v) is 16.3. The predicted octanol–water partition coefficient (Wildman–Crippen LogP) is 4.82. The average Bonchev–Trinajstić information content (AvgIpc) is 3.25. The number of rotatable bonds is 7. The van der Waals surface area contributed by atoms with Gasteiger partial charge in [-0.15, -0.1) is 11.3 Å². The average molecular weight is 397 g/mol. The summed E-state index contributed by atoms with van der Waals surface area (Å²) in [6.45, 7) is 0. The molecule has 0 saturated carbocycles. The topological polar surface area (TPSA) is 47.6 Å². The fourth-order valence-corrected chi connectivity index (χ4v) is 3.55. The molecule has 0 aliphatic rings. The van der Waals surface area contributed by atoms with Gasteiger partial charge in [0.1, 0.15) is 5.82 Å². The highest BCUT2D eigenvalue weighted by molar-refractivity contribution is 7.10. The van der Waals surface area contributed by atoms with Gasteiger partial charge in [-0.05, 0) is 52.9 Å². The minimum Gasteiger partial charge on any atom is -0.493 e. The summed E-state index contributed by atoms with van der Waals surface area (Å²) in [5, 5.41) is 4.92. The summed E-state index contributed by atoms with van der Waals surface area (Å²) in [5.41, 5.74) is 1.62. The molecule has 0 saturated heterocycles. The molecule has 1 amide bonds. The number of hydrogen-bond donors (Lipinski definition) is 1. The normalized spacial score (nSPS) is 12.0. The molecule has 0 radical (unpaired) electrons. The van der Waals surface area contributed by atoms with Gasteiger partial charge in [0.25, 0.3) is 0 Å². The van der Waals surface area contributed by atoms with Crippen molar-refractivity contribution in [2.45, 2.75) is 6.04 Å². The van der Waals surface area contributed by atoms with E-state index in [0.717, 1.165) is 16.0 Å². The molecule has 3 rings (SSSR count). The third-order valence-corrected chi connectivity index (χ3v) is 5.09. The maximum atomic E-state index is 13.3. The van der Waals surface area contributed by atoms with Crippen molar-refractivity contribution < 1.29 is 18.7 Å². The first-order valence-corrected chi connectivity index (χ1v) is 9.48. The van der Waals surface area contributed by atoms with Crippen LogP contribution in [0.2, 0.25) is 0 Å². The number of thiophene rings is 1. The zero-order valence-electron chi connectivity index (χ0n) is 15.5. The van der Waals surface area contributed by atoms with Gasteiger partial charge in [-0.25, -0.2) is 4.39 Å². The lowest BCUT2D eigenvalue weighted by Gasteiger charge is -2.17. The number of hydrogen-bond acceptors (Lipinski definition) is 4. The second-order valence-electron chi connectivity index (χ2n) is 5.96. The van der Waals surface area contributed by atoms with Crippen molar-refractivity contribution in [3.8, 4) is 11.5 Å². The maximum absolute atomic E-state index is 13.3. The van der Waals surface area contributed by atoms with Crippen LogP contribution in [-0.2, 0) is 4.79 Å². The van der Waals surface area contributed by atoms with Crippen molar-refractivity contribution in [1.29, 1.82) is 0 Å². The molecule has 1 heterocycles. The molecule has 0 fully saturated rings. The van der Waals surface area contributed by atoms with Crippen molar-refractivity contribution in [2.24, 2.45) is 0 Å². The van der Waals surface area contributed by atoms with Gasteiger partial charge in [0.15, 0.2) is 11.5 Å². The Morgan fingerprint density at radius 2 is 1.82 bits per heavy atom. The molecular weight excluding hydrogens is 377 g/mol. The molecule has 4 nitrogen and oxygen atoms in total. The predicted molar refractivity (Wildman–Crippen MR) is 109 cm³/mol. The van der Waals surface area contributed by atoms with Gasteiger partial charge in [0, 0.05) is 11.0 Å². The Balaban J connectivity index is 1.77. The lowest BCUT2D eigenvalue weighted by molar-refractivity contribution is -0.116. The van der Waals surface area contributed by atoms with Gasteiger partial charge >= 0.3 is 0 Å². The summed E-state index contributed by atoms with van der Waals surface area (Å²) in [6.07, 6.45) is 3.17. The second-order valence-corrected chi connectivity index (χ2v) is 6.94. The molecular formula is C22H20FNO3S. The van der Waals surface area contributed by atoms with E-state index >= 15 is 0 Å². The quantitative estimate of drug-likeness (QED) is 0.581. The molecule has 0 bridgehead atoms. The van der Waals surface area contributed by atoms with Crippen LogP contribution in [-0.4, -0.2) is 20.1 Å². The van der Waals surface area contributed by atoms with E-state index < -0.39 is 0 Å². The third kappa shape index (κ3) is 4.78. The number of benzene rings is 2. The van der Waals surface area contributed by atoms with E-state index in [1.807, 2.05) is 23.6 Å². The van der Waals surface area contributed by atoms with Crippen LogP contribution in [0.3, 0.4) is 0 Å². The molecule has 1 atom stereocenters. The molecule has 0 spiro atoms. The molecule has 144 valence electrons. The van der Waals surface area contributed by atoms with Crippen LogP contribution in [0.25, 0.3) is 6.08 Å². The smallest absolute Gasteiger partial charge is 0.244 e. The van der Waals surface area contributed by atoms with E-state index in [2.05, 4.69) is 5.32 Å². The summed E-state index contributed by atoms with van der Waals surface area (Å²) < 4.78 is 23.8. The number of nitrogens with one attached hydrogen (secondary N) is 1. The largest absolute Gasteiger partial charge is 0.493 e. The number of carbonyl (C=O) groups is 1. The fourth-order valence-electron chi connectivity index (χ4n) is 2.75. The van der Waals surface area contributed by atoms with Gasteiger partial charge in [-0.1, -0.05) is 24.3 Å². The number of ether oxygens (including phenoxy) is 2. The molecule has 2 aromatic carbocycles. The lowest BCUT2D eigenvalue weighted by Crippen LogP contribution is -2.27. The van der Waals surface area contributed by atoms with Gasteiger partial charge in [0.2, 0.25) is 5.91 Å². The Morgan fingerprint density at radius 3 is 2.46 bits per heavy atom. The summed E-state index contributed by atoms with van der Waals surface area (Å²) >= 11 is 1.53. The van der Waals surface area contributed by atoms with Crippen LogP contribution < -0.4 is 14.8 Å². The van der Waals surface area contributed by atoms with Crippen molar-refractivity contribution in [3.63, 3.8) is 0 Å². The van der Waals surface area contributed by atoms with E-state index in [-0.39, 0.29) is 17.8 Å². The Kier molecular flexibility index (Phi) is 6.45. The molecule has 1 unspecified atom stereocenters. The van der Waals surface area contributed by atoms with Crippen LogP contribution in [0.5, 0.6) is 11.5 Å². The van der Waals surface area contributed by atoms with E-state index in [0.29, 0.717) is 11.5 Å². The van der Waals surface area contributed by atoms with Crippen molar-refractivity contribution >= 4 is 23.3 Å². The Morgan fingerprint density at radius 1 is 1.07 bits per heavy atom. The number of halogens is 1. The molecule has 0 aliphatic carbocycles. The number of amides is 1. The summed E-state index contributed by atoms with van der Waals surface area (Å²) in [7, 11) is 3.13. The SMILES string of the molecule is COc1ccc(/C=C/C(=O)NC(c2ccc(F)cc2)c2cccs2)cc1OC. The molecule has 6 heteroatoms. The summed E-state index contributed by atoms with van der Waals surface area (Å²) in [6, 6.07) is 15.1. The molecule has 28 heavy (non-hydrogen) atoms. The van der Waals surface area contributed by atoms with Crippen LogP contribution in [0.1, 0.15) is 22.0 Å². The standard InChI is InChI=1S/C22H20FNO3S/c1-26-18-11-5-15(14-19(18)27-2)6-12-21(25)24-22(20-4-3-13-28-20)16-7-9-17(23)10-8-16/h3-14,22H,1-2H3,(H,24,25)/b12-6+. The van der Waals surface area contributed by atoms with Crippen molar-refractivity contribution in [1.82, 2.24) is 5.32 Å². The van der Waals surface area contributed by atoms with Gasteiger partial charge in [-0.3, -0.25) is 4.79 Å². The van der Waals surface area contributed by atoms with E-state index in [1.54, 1.807) is 44.6 Å². The van der Waals surface area contributed by atoms with Crippen LogP contribution in [0, 0.1) is 5.82 Å². The highest BCUT2D eigenvalue weighted by Gasteiger charge is 2.17. The first-order valence-electron chi connectivity index (χ1n) is 8.60. The molecule has 1 aromatic heterocycles. The molecule has 1 N–H and O–H groups in total. The zero-order chi connectivity index (χ0) is 19.9. The highest BCUT2D eigenvalue weighted by Crippen LogP contribution is 2.28. The van der Waals surface area contributed by atoms with Gasteiger partial charge in [0.05, 0.1) is 20.3 Å². The summed E-state index contributed by atoms with van der Waals surface area (Å²) in [5.74, 6) is 0.650. The maximum Gasteiger partial charge on any atom is 0.244 e. The van der Waals surface area contributed by atoms with Gasteiger partial charge in [-0.2, -0.15) is 0 Å². The second kappa shape index (κ2) is 9.19. The molecule has 3 aromatic rings. The number of methoxy groups -OCH3 is 2. The monoisotopic (exact) mass is 397 g/mol. The van der Waals surface area contributed by atoms with Crippen LogP contribution >= 0.6 is 11.3 Å². The van der Waals surface area contributed by atoms with E-state index in [4.69, 9.17) is 9.47 Å². The van der Waals surface area contributed by atoms with Crippen LogP contribution in [0.4, 0.5) is 4.39 Å². The number of carbonyl (C=O) groups excluding carboxylic acids is 1. The van der Waals surface area contributed by atoms with Crippen LogP contribution in [0.15, 0.2) is 66.1 Å². The first-order chi connectivity index (χ1) is 13.6. The van der Waals surface area contributed by atoms with Crippen molar-refractivity contribution in [3.05, 3.63) is 87.9 Å². The van der Waals surface area contributed by atoms with E-state index in [9.17, 15) is 9.18 Å². The minimum absolute atomic E-state index is 0.252. The summed E-state index contributed by atoms with van der Waals surface area (Å²) in [4.78, 5) is 13.5. The molecule has 0 aliphatic heterocycles. The van der Waals surface area contributed by atoms with Crippen molar-refractivity contribution in [2.75, 3.05) is 14.2 Å². The minimum atomic E-state index is -0.344. The first kappa shape index (κ1) is 19.6.